The second kappa shape index (κ2) is 8.87. The lowest BCUT2D eigenvalue weighted by Crippen LogP contribution is -2.52. The monoisotopic (exact) mass is 482 g/mol. The molecule has 166 valence electrons. The SMILES string of the molecule is NS(=O)(=O)N1CCCCC1C(=O)Nc1sc2c(c1C(=O)Nc1ccc(Cl)cc1)CCC2. The number of nitrogens with zero attached hydrogens (tertiary/aromatic N) is 1. The smallest absolute Gasteiger partial charge is 0.277 e. The van der Waals surface area contributed by atoms with E-state index < -0.39 is 22.2 Å². The maximum atomic E-state index is 13.1. The minimum atomic E-state index is -3.99. The molecule has 11 heteroatoms. The van der Waals surface area contributed by atoms with E-state index in [0.717, 1.165) is 40.4 Å². The summed E-state index contributed by atoms with van der Waals surface area (Å²) in [4.78, 5) is 27.2. The van der Waals surface area contributed by atoms with E-state index in [1.54, 1.807) is 24.3 Å². The third-order valence-corrected chi connectivity index (χ3v) is 8.12. The van der Waals surface area contributed by atoms with Crippen molar-refractivity contribution in [1.82, 2.24) is 4.31 Å². The number of nitrogens with one attached hydrogen (secondary N) is 2. The average molecular weight is 483 g/mol. The molecule has 0 spiro atoms. The number of piperidine rings is 1. The van der Waals surface area contributed by atoms with Crippen LogP contribution in [0.25, 0.3) is 0 Å². The number of nitrogens with two attached hydrogens (primary N) is 1. The van der Waals surface area contributed by atoms with Crippen LogP contribution >= 0.6 is 22.9 Å². The summed E-state index contributed by atoms with van der Waals surface area (Å²) in [7, 11) is -3.99. The van der Waals surface area contributed by atoms with Crippen molar-refractivity contribution >= 4 is 55.6 Å². The van der Waals surface area contributed by atoms with Crippen LogP contribution in [0.4, 0.5) is 10.7 Å². The number of carbonyl (C=O) groups is 2. The molecule has 2 aliphatic rings. The van der Waals surface area contributed by atoms with E-state index in [2.05, 4.69) is 10.6 Å². The zero-order valence-electron chi connectivity index (χ0n) is 16.7. The van der Waals surface area contributed by atoms with Gasteiger partial charge in [0.15, 0.2) is 0 Å². The standard InChI is InChI=1S/C20H23ClN4O4S2/c21-12-7-9-13(10-8-12)23-19(27)17-14-4-3-6-16(14)30-20(17)24-18(26)15-5-1-2-11-25(15)31(22,28)29/h7-10,15H,1-6,11H2,(H,23,27)(H,24,26)(H2,22,28,29). The topological polar surface area (TPSA) is 122 Å². The molecule has 4 N–H and O–H groups in total. The maximum absolute atomic E-state index is 13.1. The van der Waals surface area contributed by atoms with E-state index in [4.69, 9.17) is 16.7 Å². The Hall–Kier alpha value is -1.98. The molecule has 1 atom stereocenters. The van der Waals surface area contributed by atoms with Gasteiger partial charge in [-0.05, 0) is 61.9 Å². The van der Waals surface area contributed by atoms with Gasteiger partial charge in [-0.1, -0.05) is 18.0 Å². The molecule has 1 saturated heterocycles. The zero-order valence-corrected chi connectivity index (χ0v) is 19.1. The molecule has 1 unspecified atom stereocenters. The Balaban J connectivity index is 1.59. The first-order valence-corrected chi connectivity index (χ1v) is 12.8. The second-order valence-electron chi connectivity index (χ2n) is 7.68. The van der Waals surface area contributed by atoms with Gasteiger partial charge >= 0.3 is 0 Å². The molecule has 0 bridgehead atoms. The van der Waals surface area contributed by atoms with Crippen LogP contribution in [0.5, 0.6) is 0 Å². The summed E-state index contributed by atoms with van der Waals surface area (Å²) in [6.45, 7) is 0.210. The van der Waals surface area contributed by atoms with Crippen LogP contribution in [0.2, 0.25) is 5.02 Å². The summed E-state index contributed by atoms with van der Waals surface area (Å²) in [6.07, 6.45) is 4.34. The molecule has 2 heterocycles. The largest absolute Gasteiger partial charge is 0.322 e. The van der Waals surface area contributed by atoms with Crippen molar-refractivity contribution in [1.29, 1.82) is 0 Å². The molecule has 1 fully saturated rings. The van der Waals surface area contributed by atoms with Gasteiger partial charge in [0, 0.05) is 22.1 Å². The van der Waals surface area contributed by atoms with Gasteiger partial charge in [0.2, 0.25) is 5.91 Å². The molecule has 1 aromatic carbocycles. The van der Waals surface area contributed by atoms with Crippen LogP contribution in [0.1, 0.15) is 46.5 Å². The number of thiophene rings is 1. The number of halogens is 1. The molecule has 0 radical (unpaired) electrons. The van der Waals surface area contributed by atoms with Crippen LogP contribution in [-0.4, -0.2) is 37.1 Å². The Morgan fingerprint density at radius 2 is 1.84 bits per heavy atom. The van der Waals surface area contributed by atoms with Crippen molar-refractivity contribution in [3.05, 3.63) is 45.3 Å². The molecule has 4 rings (SSSR count). The third kappa shape index (κ3) is 4.78. The zero-order chi connectivity index (χ0) is 22.2. The summed E-state index contributed by atoms with van der Waals surface area (Å²) in [6, 6.07) is 5.90. The number of carbonyl (C=O) groups excluding carboxylic acids is 2. The van der Waals surface area contributed by atoms with Crippen LogP contribution < -0.4 is 15.8 Å². The first kappa shape index (κ1) is 22.2. The maximum Gasteiger partial charge on any atom is 0.277 e. The van der Waals surface area contributed by atoms with Crippen molar-refractivity contribution in [2.24, 2.45) is 5.14 Å². The minimum Gasteiger partial charge on any atom is -0.322 e. The fourth-order valence-corrected chi connectivity index (χ4v) is 6.48. The summed E-state index contributed by atoms with van der Waals surface area (Å²) in [5.41, 5.74) is 1.98. The quantitative estimate of drug-likeness (QED) is 0.605. The number of hydrogen-bond acceptors (Lipinski definition) is 5. The van der Waals surface area contributed by atoms with E-state index in [-0.39, 0.29) is 12.5 Å². The van der Waals surface area contributed by atoms with Crippen molar-refractivity contribution < 1.29 is 18.0 Å². The highest BCUT2D eigenvalue weighted by atomic mass is 35.5. The number of fused-ring (bicyclic) bond motifs is 1. The van der Waals surface area contributed by atoms with Gasteiger partial charge in [0.25, 0.3) is 16.1 Å². The van der Waals surface area contributed by atoms with Crippen molar-refractivity contribution in [3.63, 3.8) is 0 Å². The van der Waals surface area contributed by atoms with E-state index in [9.17, 15) is 18.0 Å². The van der Waals surface area contributed by atoms with Crippen molar-refractivity contribution in [2.45, 2.75) is 44.6 Å². The summed E-state index contributed by atoms with van der Waals surface area (Å²) in [5, 5.41) is 12.0. The molecule has 2 aromatic rings. The molecule has 0 saturated carbocycles. The highest BCUT2D eigenvalue weighted by Crippen LogP contribution is 2.40. The molecule has 2 amide bonds. The van der Waals surface area contributed by atoms with Gasteiger partial charge < -0.3 is 10.6 Å². The fraction of sp³-hybridized carbons (Fsp3) is 0.400. The van der Waals surface area contributed by atoms with Crippen molar-refractivity contribution in [2.75, 3.05) is 17.2 Å². The van der Waals surface area contributed by atoms with Gasteiger partial charge in [-0.25, -0.2) is 5.14 Å². The third-order valence-electron chi connectivity index (χ3n) is 5.57. The summed E-state index contributed by atoms with van der Waals surface area (Å²) >= 11 is 7.29. The average Bonchev–Trinajstić information content (AvgIpc) is 3.29. The Morgan fingerprint density at radius 3 is 2.55 bits per heavy atom. The molecule has 1 aliphatic heterocycles. The van der Waals surface area contributed by atoms with Gasteiger partial charge in [0.1, 0.15) is 11.0 Å². The molecule has 1 aromatic heterocycles. The summed E-state index contributed by atoms with van der Waals surface area (Å²) < 4.78 is 24.9. The van der Waals surface area contributed by atoms with Crippen LogP contribution in [0.15, 0.2) is 24.3 Å². The highest BCUT2D eigenvalue weighted by molar-refractivity contribution is 7.86. The number of amides is 2. The number of hydrogen-bond donors (Lipinski definition) is 3. The minimum absolute atomic E-state index is 0.210. The lowest BCUT2D eigenvalue weighted by Gasteiger charge is -2.32. The van der Waals surface area contributed by atoms with Gasteiger partial charge in [0.05, 0.1) is 5.56 Å². The van der Waals surface area contributed by atoms with Crippen LogP contribution in [0, 0.1) is 0 Å². The lowest BCUT2D eigenvalue weighted by molar-refractivity contribution is -0.120. The van der Waals surface area contributed by atoms with E-state index in [1.165, 1.54) is 11.3 Å². The molecule has 1 aliphatic carbocycles. The van der Waals surface area contributed by atoms with Crippen molar-refractivity contribution in [3.8, 4) is 0 Å². The number of benzene rings is 1. The van der Waals surface area contributed by atoms with E-state index in [0.29, 0.717) is 34.1 Å². The predicted molar refractivity (Wildman–Crippen MR) is 122 cm³/mol. The predicted octanol–water partition coefficient (Wildman–Crippen LogP) is 3.14. The first-order valence-electron chi connectivity index (χ1n) is 10.1. The lowest BCUT2D eigenvalue weighted by atomic mass is 10.0. The summed E-state index contributed by atoms with van der Waals surface area (Å²) in [5.74, 6) is -0.779. The number of aryl methyl sites for hydroxylation is 1. The van der Waals surface area contributed by atoms with Gasteiger partial charge in [-0.15, -0.1) is 11.3 Å². The fourth-order valence-electron chi connectivity index (χ4n) is 4.13. The van der Waals surface area contributed by atoms with Crippen LogP contribution in [-0.2, 0) is 27.8 Å². The normalized spacial score (nSPS) is 19.1. The molecular weight excluding hydrogens is 460 g/mol. The van der Waals surface area contributed by atoms with E-state index >= 15 is 0 Å². The van der Waals surface area contributed by atoms with E-state index in [1.807, 2.05) is 0 Å². The highest BCUT2D eigenvalue weighted by Gasteiger charge is 2.36. The molecule has 8 nitrogen and oxygen atoms in total. The Bertz CT molecular complexity index is 1110. The molecule has 31 heavy (non-hydrogen) atoms. The number of rotatable bonds is 5. The Morgan fingerprint density at radius 1 is 1.10 bits per heavy atom. The first-order chi connectivity index (χ1) is 14.7. The second-order valence-corrected chi connectivity index (χ2v) is 10.7. The van der Waals surface area contributed by atoms with Gasteiger partial charge in [-0.3, -0.25) is 9.59 Å². The Kier molecular flexibility index (Phi) is 6.36. The molecular formula is C20H23ClN4O4S2. The van der Waals surface area contributed by atoms with Gasteiger partial charge in [-0.2, -0.15) is 12.7 Å². The number of anilines is 2. The Labute approximate surface area is 189 Å². The van der Waals surface area contributed by atoms with Crippen LogP contribution in [0.3, 0.4) is 0 Å².